The topological polar surface area (TPSA) is 41.5 Å². The minimum atomic E-state index is 0.0739. The molecule has 1 aromatic rings. The van der Waals surface area contributed by atoms with Crippen molar-refractivity contribution in [1.82, 2.24) is 0 Å². The Morgan fingerprint density at radius 2 is 2.46 bits per heavy atom. The number of aliphatic hydroxyl groups excluding tert-OH is 1. The average molecular weight is 179 g/mol. The van der Waals surface area contributed by atoms with Gasteiger partial charge < -0.3 is 15.2 Å². The summed E-state index contributed by atoms with van der Waals surface area (Å²) in [4.78, 5) is 0. The third-order valence-electron chi connectivity index (χ3n) is 2.13. The van der Waals surface area contributed by atoms with Gasteiger partial charge in [-0.2, -0.15) is 0 Å². The molecule has 1 aliphatic heterocycles. The largest absolute Gasteiger partial charge is 0.487 e. The average Bonchev–Trinajstić information content (AvgIpc) is 2.17. The van der Waals surface area contributed by atoms with Crippen LogP contribution in [-0.4, -0.2) is 17.8 Å². The normalized spacial score (nSPS) is 20.0. The first-order chi connectivity index (χ1) is 6.29. The van der Waals surface area contributed by atoms with Crippen LogP contribution < -0.4 is 10.1 Å². The molecule has 0 saturated heterocycles. The second-order valence-corrected chi connectivity index (χ2v) is 3.30. The van der Waals surface area contributed by atoms with Gasteiger partial charge >= 0.3 is 0 Å². The monoisotopic (exact) mass is 179 g/mol. The second-order valence-electron chi connectivity index (χ2n) is 3.30. The highest BCUT2D eigenvalue weighted by Gasteiger charge is 2.14. The summed E-state index contributed by atoms with van der Waals surface area (Å²) in [5.74, 6) is 0.871. The van der Waals surface area contributed by atoms with Gasteiger partial charge in [-0.25, -0.2) is 0 Å². The summed E-state index contributed by atoms with van der Waals surface area (Å²) in [5, 5.41) is 12.2. The molecule has 3 nitrogen and oxygen atoms in total. The first kappa shape index (κ1) is 8.38. The Labute approximate surface area is 77.3 Å². The highest BCUT2D eigenvalue weighted by molar-refractivity contribution is 5.59. The van der Waals surface area contributed by atoms with E-state index in [4.69, 9.17) is 9.84 Å². The first-order valence-corrected chi connectivity index (χ1v) is 4.44. The smallest absolute Gasteiger partial charge is 0.142 e. The van der Waals surface area contributed by atoms with Gasteiger partial charge in [0.1, 0.15) is 11.9 Å². The zero-order valence-electron chi connectivity index (χ0n) is 7.58. The van der Waals surface area contributed by atoms with Crippen molar-refractivity contribution in [2.75, 3.05) is 11.9 Å². The van der Waals surface area contributed by atoms with Gasteiger partial charge in [-0.3, -0.25) is 0 Å². The van der Waals surface area contributed by atoms with E-state index in [1.165, 1.54) is 0 Å². The molecular weight excluding hydrogens is 166 g/mol. The summed E-state index contributed by atoms with van der Waals surface area (Å²) in [5.41, 5.74) is 1.88. The molecule has 0 radical (unpaired) electrons. The zero-order chi connectivity index (χ0) is 9.26. The third-order valence-corrected chi connectivity index (χ3v) is 2.13. The molecule has 0 spiro atoms. The van der Waals surface area contributed by atoms with Crippen LogP contribution in [0.15, 0.2) is 18.2 Å². The SMILES string of the molecule is C[C@H]1CNc2cc(CO)ccc2O1. The Kier molecular flexibility index (Phi) is 2.10. The molecule has 1 aliphatic rings. The molecule has 0 amide bonds. The lowest BCUT2D eigenvalue weighted by Gasteiger charge is -2.25. The minimum absolute atomic E-state index is 0.0739. The van der Waals surface area contributed by atoms with E-state index in [1.54, 1.807) is 0 Å². The van der Waals surface area contributed by atoms with Crippen LogP contribution in [0.4, 0.5) is 5.69 Å². The lowest BCUT2D eigenvalue weighted by Crippen LogP contribution is -2.27. The predicted octanol–water partition coefficient (Wildman–Crippen LogP) is 1.37. The summed E-state index contributed by atoms with van der Waals surface area (Å²) in [6.07, 6.45) is 0.215. The summed E-state index contributed by atoms with van der Waals surface area (Å²) >= 11 is 0. The van der Waals surface area contributed by atoms with Gasteiger partial charge in [0.15, 0.2) is 0 Å². The molecule has 0 saturated carbocycles. The van der Waals surface area contributed by atoms with Crippen molar-refractivity contribution < 1.29 is 9.84 Å². The minimum Gasteiger partial charge on any atom is -0.487 e. The molecule has 1 atom stereocenters. The Hall–Kier alpha value is -1.22. The van der Waals surface area contributed by atoms with E-state index in [-0.39, 0.29) is 12.7 Å². The van der Waals surface area contributed by atoms with E-state index in [2.05, 4.69) is 5.32 Å². The van der Waals surface area contributed by atoms with E-state index >= 15 is 0 Å². The van der Waals surface area contributed by atoms with Crippen molar-refractivity contribution >= 4 is 5.69 Å². The van der Waals surface area contributed by atoms with Crippen LogP contribution >= 0.6 is 0 Å². The van der Waals surface area contributed by atoms with E-state index in [9.17, 15) is 0 Å². The third kappa shape index (κ3) is 1.60. The van der Waals surface area contributed by atoms with Crippen LogP contribution in [0.1, 0.15) is 12.5 Å². The summed E-state index contributed by atoms with van der Waals surface area (Å²) in [6, 6.07) is 5.68. The van der Waals surface area contributed by atoms with E-state index < -0.39 is 0 Å². The predicted molar refractivity (Wildman–Crippen MR) is 50.9 cm³/mol. The number of benzene rings is 1. The number of nitrogens with one attached hydrogen (secondary N) is 1. The fourth-order valence-corrected chi connectivity index (χ4v) is 1.43. The molecule has 13 heavy (non-hydrogen) atoms. The number of aliphatic hydroxyl groups is 1. The van der Waals surface area contributed by atoms with Crippen LogP contribution in [0.25, 0.3) is 0 Å². The summed E-state index contributed by atoms with van der Waals surface area (Å²) in [7, 11) is 0. The summed E-state index contributed by atoms with van der Waals surface area (Å²) < 4.78 is 5.59. The quantitative estimate of drug-likeness (QED) is 0.684. The van der Waals surface area contributed by atoms with Crippen LogP contribution in [0.5, 0.6) is 5.75 Å². The number of rotatable bonds is 1. The highest BCUT2D eigenvalue weighted by atomic mass is 16.5. The maximum atomic E-state index is 8.92. The van der Waals surface area contributed by atoms with Crippen LogP contribution in [-0.2, 0) is 6.61 Å². The number of ether oxygens (including phenoxy) is 1. The molecule has 1 heterocycles. The van der Waals surface area contributed by atoms with Crippen molar-refractivity contribution in [3.63, 3.8) is 0 Å². The zero-order valence-corrected chi connectivity index (χ0v) is 7.58. The maximum absolute atomic E-state index is 8.92. The van der Waals surface area contributed by atoms with Gasteiger partial charge in [0, 0.05) is 0 Å². The molecule has 0 fully saturated rings. The number of hydrogen-bond acceptors (Lipinski definition) is 3. The van der Waals surface area contributed by atoms with Gasteiger partial charge in [-0.1, -0.05) is 6.07 Å². The summed E-state index contributed by atoms with van der Waals surface area (Å²) in [6.45, 7) is 2.92. The van der Waals surface area contributed by atoms with Gasteiger partial charge in [0.05, 0.1) is 18.8 Å². The van der Waals surface area contributed by atoms with Crippen LogP contribution in [0.2, 0.25) is 0 Å². The van der Waals surface area contributed by atoms with Crippen molar-refractivity contribution in [1.29, 1.82) is 0 Å². The molecule has 3 heteroatoms. The van der Waals surface area contributed by atoms with Crippen molar-refractivity contribution in [2.45, 2.75) is 19.6 Å². The van der Waals surface area contributed by atoms with Gasteiger partial charge in [-0.15, -0.1) is 0 Å². The number of fused-ring (bicyclic) bond motifs is 1. The van der Waals surface area contributed by atoms with Crippen molar-refractivity contribution in [3.05, 3.63) is 23.8 Å². The molecule has 2 rings (SSSR count). The molecule has 0 bridgehead atoms. The van der Waals surface area contributed by atoms with Gasteiger partial charge in [0.25, 0.3) is 0 Å². The first-order valence-electron chi connectivity index (χ1n) is 4.44. The lowest BCUT2D eigenvalue weighted by atomic mass is 10.1. The molecule has 0 unspecified atom stereocenters. The number of hydrogen-bond donors (Lipinski definition) is 2. The number of anilines is 1. The molecule has 2 N–H and O–H groups in total. The molecule has 0 aliphatic carbocycles. The Balaban J connectivity index is 2.31. The fourth-order valence-electron chi connectivity index (χ4n) is 1.43. The fraction of sp³-hybridized carbons (Fsp3) is 0.400. The molecule has 70 valence electrons. The van der Waals surface area contributed by atoms with Crippen LogP contribution in [0.3, 0.4) is 0 Å². The van der Waals surface area contributed by atoms with Crippen LogP contribution in [0, 0.1) is 0 Å². The van der Waals surface area contributed by atoms with Crippen molar-refractivity contribution in [3.8, 4) is 5.75 Å². The van der Waals surface area contributed by atoms with Gasteiger partial charge in [0.2, 0.25) is 0 Å². The highest BCUT2D eigenvalue weighted by Crippen LogP contribution is 2.29. The standard InChI is InChI=1S/C10H13NO2/c1-7-5-11-9-4-8(6-12)2-3-10(9)13-7/h2-4,7,11-12H,5-6H2,1H3/t7-/m0/s1. The maximum Gasteiger partial charge on any atom is 0.142 e. The Morgan fingerprint density at radius 1 is 1.62 bits per heavy atom. The lowest BCUT2D eigenvalue weighted by molar-refractivity contribution is 0.225. The second kappa shape index (κ2) is 3.26. The van der Waals surface area contributed by atoms with E-state index in [0.29, 0.717) is 0 Å². The van der Waals surface area contributed by atoms with Gasteiger partial charge in [-0.05, 0) is 24.6 Å². The Bertz CT molecular complexity index is 312. The molecule has 0 aromatic heterocycles. The van der Waals surface area contributed by atoms with E-state index in [0.717, 1.165) is 23.5 Å². The van der Waals surface area contributed by atoms with Crippen molar-refractivity contribution in [2.24, 2.45) is 0 Å². The molecular formula is C10H13NO2. The Morgan fingerprint density at radius 3 is 3.23 bits per heavy atom. The molecule has 1 aromatic carbocycles. The van der Waals surface area contributed by atoms with E-state index in [1.807, 2.05) is 25.1 Å².